The van der Waals surface area contributed by atoms with E-state index in [0.717, 1.165) is 6.42 Å². The van der Waals surface area contributed by atoms with Crippen LogP contribution in [0.15, 0.2) is 0 Å². The summed E-state index contributed by atoms with van der Waals surface area (Å²) in [6.45, 7) is 3.16. The molecule has 0 aliphatic carbocycles. The van der Waals surface area contributed by atoms with Gasteiger partial charge in [-0.3, -0.25) is 0 Å². The molecule has 0 radical (unpaired) electrons. The summed E-state index contributed by atoms with van der Waals surface area (Å²) < 4.78 is 34.9. The van der Waals surface area contributed by atoms with E-state index in [9.17, 15) is 13.2 Å². The molecule has 0 atom stereocenters. The van der Waals surface area contributed by atoms with Crippen LogP contribution in [0.4, 0.5) is 13.2 Å². The zero-order valence-corrected chi connectivity index (χ0v) is 8.04. The average Bonchev–Trinajstić information content (AvgIpc) is 1.81. The summed E-state index contributed by atoms with van der Waals surface area (Å²) in [5.74, 6) is 0. The highest BCUT2D eigenvalue weighted by atomic mass is 19.4. The van der Waals surface area contributed by atoms with Crippen molar-refractivity contribution in [3.05, 3.63) is 0 Å². The molecule has 13 heavy (non-hydrogen) atoms. The SMILES string of the molecule is CC(C)(N)CCCNCC(F)(F)F. The lowest BCUT2D eigenvalue weighted by Gasteiger charge is -2.18. The van der Waals surface area contributed by atoms with Gasteiger partial charge >= 0.3 is 6.18 Å². The van der Waals surface area contributed by atoms with Crippen molar-refractivity contribution in [2.45, 2.75) is 38.4 Å². The minimum Gasteiger partial charge on any atom is -0.326 e. The third-order valence-corrected chi connectivity index (χ3v) is 1.50. The van der Waals surface area contributed by atoms with Gasteiger partial charge < -0.3 is 11.1 Å². The van der Waals surface area contributed by atoms with Gasteiger partial charge in [0.1, 0.15) is 0 Å². The average molecular weight is 198 g/mol. The van der Waals surface area contributed by atoms with Crippen LogP contribution in [0.3, 0.4) is 0 Å². The smallest absolute Gasteiger partial charge is 0.326 e. The number of nitrogens with one attached hydrogen (secondary N) is 1. The third-order valence-electron chi connectivity index (χ3n) is 1.50. The second-order valence-electron chi connectivity index (χ2n) is 3.88. The molecule has 0 aromatic carbocycles. The zero-order chi connectivity index (χ0) is 10.5. The van der Waals surface area contributed by atoms with Crippen molar-refractivity contribution >= 4 is 0 Å². The normalized spacial score (nSPS) is 13.4. The largest absolute Gasteiger partial charge is 0.401 e. The molecule has 5 heteroatoms. The highest BCUT2D eigenvalue weighted by Gasteiger charge is 2.25. The lowest BCUT2D eigenvalue weighted by molar-refractivity contribution is -0.124. The Hall–Kier alpha value is -0.290. The van der Waals surface area contributed by atoms with Gasteiger partial charge in [-0.1, -0.05) is 0 Å². The number of nitrogens with two attached hydrogens (primary N) is 1. The van der Waals surface area contributed by atoms with E-state index in [0.29, 0.717) is 13.0 Å². The van der Waals surface area contributed by atoms with Gasteiger partial charge in [-0.15, -0.1) is 0 Å². The van der Waals surface area contributed by atoms with E-state index in [2.05, 4.69) is 5.32 Å². The van der Waals surface area contributed by atoms with Crippen molar-refractivity contribution in [3.8, 4) is 0 Å². The minimum absolute atomic E-state index is 0.292. The Morgan fingerprint density at radius 1 is 1.23 bits per heavy atom. The molecular weight excluding hydrogens is 181 g/mol. The Morgan fingerprint density at radius 2 is 1.77 bits per heavy atom. The highest BCUT2D eigenvalue weighted by molar-refractivity contribution is 4.71. The number of hydrogen-bond donors (Lipinski definition) is 2. The maximum atomic E-state index is 11.6. The molecule has 0 amide bonds. The predicted octanol–water partition coefficient (Wildman–Crippen LogP) is 1.66. The van der Waals surface area contributed by atoms with Crippen LogP contribution >= 0.6 is 0 Å². The summed E-state index contributed by atoms with van der Waals surface area (Å²) >= 11 is 0. The second-order valence-corrected chi connectivity index (χ2v) is 3.88. The van der Waals surface area contributed by atoms with Crippen molar-refractivity contribution in [2.24, 2.45) is 5.73 Å². The number of hydrogen-bond acceptors (Lipinski definition) is 2. The lowest BCUT2D eigenvalue weighted by atomic mass is 10.0. The summed E-state index contributed by atoms with van der Waals surface area (Å²) in [7, 11) is 0. The Balaban J connectivity index is 3.28. The van der Waals surface area contributed by atoms with Gasteiger partial charge in [0.2, 0.25) is 0 Å². The van der Waals surface area contributed by atoms with Gasteiger partial charge in [-0.25, -0.2) is 0 Å². The molecule has 0 fully saturated rings. The molecule has 0 saturated heterocycles. The molecule has 0 bridgehead atoms. The molecule has 80 valence electrons. The highest BCUT2D eigenvalue weighted by Crippen LogP contribution is 2.12. The maximum absolute atomic E-state index is 11.6. The van der Waals surface area contributed by atoms with Crippen LogP contribution in [0, 0.1) is 0 Å². The van der Waals surface area contributed by atoms with E-state index in [1.807, 2.05) is 13.8 Å². The molecular formula is C8H17F3N2. The number of halogens is 3. The van der Waals surface area contributed by atoms with E-state index in [1.165, 1.54) is 0 Å². The summed E-state index contributed by atoms with van der Waals surface area (Å²) in [4.78, 5) is 0. The van der Waals surface area contributed by atoms with E-state index >= 15 is 0 Å². The molecule has 0 spiro atoms. The van der Waals surface area contributed by atoms with Crippen LogP contribution in [0.5, 0.6) is 0 Å². The molecule has 0 rings (SSSR count). The summed E-state index contributed by atoms with van der Waals surface area (Å²) in [5, 5.41) is 2.32. The summed E-state index contributed by atoms with van der Waals surface area (Å²) in [5.41, 5.74) is 5.36. The Morgan fingerprint density at radius 3 is 2.15 bits per heavy atom. The fourth-order valence-corrected chi connectivity index (χ4v) is 0.899. The van der Waals surface area contributed by atoms with E-state index in [-0.39, 0.29) is 5.54 Å². The standard InChI is InChI=1S/C8H17F3N2/c1-7(2,12)4-3-5-13-6-8(9,10)11/h13H,3-6,12H2,1-2H3. The van der Waals surface area contributed by atoms with E-state index in [1.54, 1.807) is 0 Å². The molecule has 0 unspecified atom stereocenters. The molecule has 0 aromatic rings. The number of alkyl halides is 3. The van der Waals surface area contributed by atoms with Crippen LogP contribution in [0.2, 0.25) is 0 Å². The lowest BCUT2D eigenvalue weighted by Crippen LogP contribution is -2.34. The van der Waals surface area contributed by atoms with Gasteiger partial charge in [0.15, 0.2) is 0 Å². The Kier molecular flexibility index (Phi) is 4.70. The van der Waals surface area contributed by atoms with Gasteiger partial charge in [-0.2, -0.15) is 13.2 Å². The fourth-order valence-electron chi connectivity index (χ4n) is 0.899. The van der Waals surface area contributed by atoms with Crippen LogP contribution in [0.25, 0.3) is 0 Å². The Labute approximate surface area is 76.7 Å². The van der Waals surface area contributed by atoms with Gasteiger partial charge in [-0.05, 0) is 33.2 Å². The molecule has 0 aromatic heterocycles. The Bertz CT molecular complexity index is 121. The van der Waals surface area contributed by atoms with Crippen LogP contribution in [-0.4, -0.2) is 24.8 Å². The first-order valence-electron chi connectivity index (χ1n) is 4.27. The van der Waals surface area contributed by atoms with Crippen molar-refractivity contribution in [3.63, 3.8) is 0 Å². The van der Waals surface area contributed by atoms with Gasteiger partial charge in [0, 0.05) is 5.54 Å². The van der Waals surface area contributed by atoms with Crippen molar-refractivity contribution in [2.75, 3.05) is 13.1 Å². The molecule has 0 saturated carbocycles. The monoisotopic (exact) mass is 198 g/mol. The predicted molar refractivity (Wildman–Crippen MR) is 46.4 cm³/mol. The molecule has 0 aliphatic heterocycles. The summed E-state index contributed by atoms with van der Waals surface area (Å²) in [6, 6.07) is 0. The fraction of sp³-hybridized carbons (Fsp3) is 1.00. The maximum Gasteiger partial charge on any atom is 0.401 e. The van der Waals surface area contributed by atoms with Crippen LogP contribution in [-0.2, 0) is 0 Å². The van der Waals surface area contributed by atoms with E-state index < -0.39 is 12.7 Å². The van der Waals surface area contributed by atoms with Crippen molar-refractivity contribution < 1.29 is 13.2 Å². The van der Waals surface area contributed by atoms with Crippen LogP contribution in [0.1, 0.15) is 26.7 Å². The first-order chi connectivity index (χ1) is 5.71. The minimum atomic E-state index is -4.11. The van der Waals surface area contributed by atoms with E-state index in [4.69, 9.17) is 5.73 Å². The first-order valence-corrected chi connectivity index (χ1v) is 4.27. The second kappa shape index (κ2) is 4.81. The third kappa shape index (κ3) is 11.7. The molecule has 0 heterocycles. The molecule has 3 N–H and O–H groups in total. The zero-order valence-electron chi connectivity index (χ0n) is 8.04. The van der Waals surface area contributed by atoms with Crippen molar-refractivity contribution in [1.82, 2.24) is 5.32 Å². The molecule has 2 nitrogen and oxygen atoms in total. The van der Waals surface area contributed by atoms with Crippen LogP contribution < -0.4 is 11.1 Å². The number of rotatable bonds is 5. The summed E-state index contributed by atoms with van der Waals surface area (Å²) in [6.07, 6.45) is -2.73. The molecule has 0 aliphatic rings. The quantitative estimate of drug-likeness (QED) is 0.659. The topological polar surface area (TPSA) is 38.0 Å². The van der Waals surface area contributed by atoms with Gasteiger partial charge in [0.05, 0.1) is 6.54 Å². The van der Waals surface area contributed by atoms with Crippen molar-refractivity contribution in [1.29, 1.82) is 0 Å². The van der Waals surface area contributed by atoms with Gasteiger partial charge in [0.25, 0.3) is 0 Å². The first kappa shape index (κ1) is 12.7.